The zero-order valence-corrected chi connectivity index (χ0v) is 16.4. The molecule has 1 aliphatic carbocycles. The number of unbranched alkanes of at least 4 members (excludes halogenated alkanes) is 1. The second-order valence-corrected chi connectivity index (χ2v) is 7.54. The van der Waals surface area contributed by atoms with E-state index >= 15 is 0 Å². The smallest absolute Gasteiger partial charge is 0.364 e. The Kier molecular flexibility index (Phi) is 10.5. The van der Waals surface area contributed by atoms with Crippen LogP contribution in [-0.4, -0.2) is 39.3 Å². The van der Waals surface area contributed by atoms with Gasteiger partial charge in [0, 0.05) is 24.7 Å². The maximum Gasteiger partial charge on any atom is 0.364 e. The molecule has 0 amide bonds. The van der Waals surface area contributed by atoms with Crippen molar-refractivity contribution in [1.29, 1.82) is 0 Å². The van der Waals surface area contributed by atoms with Gasteiger partial charge in [-0.3, -0.25) is 4.79 Å². The highest BCUT2D eigenvalue weighted by Crippen LogP contribution is 2.33. The molecule has 1 saturated carbocycles. The maximum atomic E-state index is 13.1. The SMILES string of the molecule is CCCC[C@H](C/C=C/[C@H]1CCC(=O)[C@@H]1C/C=C\CCC(O)(O)C(=O)O)C(F)F. The van der Waals surface area contributed by atoms with Crippen molar-refractivity contribution in [3.8, 4) is 0 Å². The lowest BCUT2D eigenvalue weighted by atomic mass is 9.90. The molecular weight excluding hydrogens is 370 g/mol. The molecule has 160 valence electrons. The molecule has 1 rings (SSSR count). The molecule has 0 spiro atoms. The number of rotatable bonds is 13. The summed E-state index contributed by atoms with van der Waals surface area (Å²) in [5, 5.41) is 27.1. The van der Waals surface area contributed by atoms with E-state index in [-0.39, 0.29) is 30.5 Å². The number of aliphatic carboxylic acids is 1. The molecule has 0 saturated heterocycles. The van der Waals surface area contributed by atoms with Crippen molar-refractivity contribution in [3.05, 3.63) is 24.3 Å². The molecule has 1 fully saturated rings. The van der Waals surface area contributed by atoms with Crippen LogP contribution < -0.4 is 0 Å². The summed E-state index contributed by atoms with van der Waals surface area (Å²) < 4.78 is 26.1. The molecule has 0 aromatic heterocycles. The zero-order chi connectivity index (χ0) is 21.2. The molecule has 0 heterocycles. The second-order valence-electron chi connectivity index (χ2n) is 7.54. The first kappa shape index (κ1) is 24.4. The number of carboxylic acids is 1. The molecule has 0 aromatic carbocycles. The van der Waals surface area contributed by atoms with Gasteiger partial charge in [-0.25, -0.2) is 13.6 Å². The highest BCUT2D eigenvalue weighted by Gasteiger charge is 2.33. The molecule has 0 aromatic rings. The lowest BCUT2D eigenvalue weighted by molar-refractivity contribution is -0.205. The van der Waals surface area contributed by atoms with Crippen molar-refractivity contribution in [1.82, 2.24) is 0 Å². The third kappa shape index (κ3) is 8.19. The Bertz CT molecular complexity index is 557. The number of hydrogen-bond acceptors (Lipinski definition) is 4. The van der Waals surface area contributed by atoms with E-state index in [1.54, 1.807) is 18.2 Å². The Morgan fingerprint density at radius 2 is 2.00 bits per heavy atom. The van der Waals surface area contributed by atoms with E-state index in [1.807, 2.05) is 13.0 Å². The van der Waals surface area contributed by atoms with Gasteiger partial charge in [0.25, 0.3) is 5.79 Å². The highest BCUT2D eigenvalue weighted by atomic mass is 19.3. The number of allylic oxidation sites excluding steroid dienone is 4. The van der Waals surface area contributed by atoms with Crippen molar-refractivity contribution in [2.24, 2.45) is 17.8 Å². The Hall–Kier alpha value is -1.60. The standard InChI is InChI=1S/C21H32F2O5/c1-2-3-8-16(19(22)23)10-7-9-15-12-13-18(24)17(15)11-5-4-6-14-21(27,28)20(25)26/h4-5,7,9,15-17,19,27-28H,2-3,6,8,10-14H2,1H3,(H,25,26)/b5-4-,9-7+/t15-,16+,17+/m0/s1. The van der Waals surface area contributed by atoms with Gasteiger partial charge in [0.15, 0.2) is 0 Å². The molecular formula is C21H32F2O5. The quantitative estimate of drug-likeness (QED) is 0.319. The van der Waals surface area contributed by atoms with Gasteiger partial charge in [0.1, 0.15) is 5.78 Å². The topological polar surface area (TPSA) is 94.8 Å². The van der Waals surface area contributed by atoms with Gasteiger partial charge in [-0.05, 0) is 38.0 Å². The Labute approximate surface area is 165 Å². The van der Waals surface area contributed by atoms with Gasteiger partial charge in [-0.1, -0.05) is 44.1 Å². The third-order valence-electron chi connectivity index (χ3n) is 5.32. The van der Waals surface area contributed by atoms with E-state index in [0.717, 1.165) is 12.8 Å². The van der Waals surface area contributed by atoms with E-state index in [4.69, 9.17) is 5.11 Å². The number of halogens is 2. The number of hydrogen-bond donors (Lipinski definition) is 3. The van der Waals surface area contributed by atoms with Crippen molar-refractivity contribution in [3.63, 3.8) is 0 Å². The van der Waals surface area contributed by atoms with Crippen LogP contribution in [0.4, 0.5) is 8.78 Å². The van der Waals surface area contributed by atoms with Crippen LogP contribution >= 0.6 is 0 Å². The van der Waals surface area contributed by atoms with Crippen LogP contribution in [0.25, 0.3) is 0 Å². The molecule has 0 bridgehead atoms. The van der Waals surface area contributed by atoms with Crippen LogP contribution in [0, 0.1) is 17.8 Å². The van der Waals surface area contributed by atoms with Crippen LogP contribution in [0.5, 0.6) is 0 Å². The van der Waals surface area contributed by atoms with Gasteiger partial charge in [-0.2, -0.15) is 0 Å². The van der Waals surface area contributed by atoms with E-state index in [2.05, 4.69) is 0 Å². The molecule has 28 heavy (non-hydrogen) atoms. The van der Waals surface area contributed by atoms with Crippen molar-refractivity contribution in [2.45, 2.75) is 76.9 Å². The van der Waals surface area contributed by atoms with Crippen molar-refractivity contribution in [2.75, 3.05) is 0 Å². The first-order valence-corrected chi connectivity index (χ1v) is 9.99. The van der Waals surface area contributed by atoms with Crippen LogP contribution in [0.3, 0.4) is 0 Å². The average molecular weight is 402 g/mol. The van der Waals surface area contributed by atoms with Crippen molar-refractivity contribution < 1.29 is 33.7 Å². The van der Waals surface area contributed by atoms with Gasteiger partial charge in [-0.15, -0.1) is 0 Å². The Morgan fingerprint density at radius 1 is 1.29 bits per heavy atom. The lowest BCUT2D eigenvalue weighted by Gasteiger charge is -2.16. The van der Waals surface area contributed by atoms with Crippen molar-refractivity contribution >= 4 is 11.8 Å². The lowest BCUT2D eigenvalue weighted by Crippen LogP contribution is -2.37. The molecule has 0 aliphatic heterocycles. The van der Waals surface area contributed by atoms with Crippen LogP contribution in [-0.2, 0) is 9.59 Å². The number of aliphatic hydroxyl groups is 2. The monoisotopic (exact) mass is 402 g/mol. The van der Waals surface area contributed by atoms with E-state index in [1.165, 1.54) is 0 Å². The zero-order valence-electron chi connectivity index (χ0n) is 16.4. The molecule has 5 nitrogen and oxygen atoms in total. The Morgan fingerprint density at radius 3 is 2.61 bits per heavy atom. The summed E-state index contributed by atoms with van der Waals surface area (Å²) in [5.41, 5.74) is 0. The minimum absolute atomic E-state index is 0.0236. The highest BCUT2D eigenvalue weighted by molar-refractivity contribution is 5.83. The fraction of sp³-hybridized carbons (Fsp3) is 0.714. The van der Waals surface area contributed by atoms with Crippen LogP contribution in [0.1, 0.15) is 64.7 Å². The van der Waals surface area contributed by atoms with E-state index < -0.39 is 24.1 Å². The fourth-order valence-corrected chi connectivity index (χ4v) is 3.46. The van der Waals surface area contributed by atoms with E-state index in [0.29, 0.717) is 32.1 Å². The predicted octanol–water partition coefficient (Wildman–Crippen LogP) is 4.09. The first-order valence-electron chi connectivity index (χ1n) is 9.99. The predicted molar refractivity (Wildman–Crippen MR) is 102 cm³/mol. The molecule has 0 unspecified atom stereocenters. The summed E-state index contributed by atoms with van der Waals surface area (Å²) >= 11 is 0. The molecule has 3 atom stereocenters. The number of alkyl halides is 2. The fourth-order valence-electron chi connectivity index (χ4n) is 3.46. The van der Waals surface area contributed by atoms with Gasteiger partial charge in [0.2, 0.25) is 6.43 Å². The number of carboxylic acid groups (broad SMARTS) is 1. The van der Waals surface area contributed by atoms with Crippen LogP contribution in [0.2, 0.25) is 0 Å². The Balaban J connectivity index is 2.51. The van der Waals surface area contributed by atoms with Crippen LogP contribution in [0.15, 0.2) is 24.3 Å². The van der Waals surface area contributed by atoms with Gasteiger partial charge in [0.05, 0.1) is 0 Å². The molecule has 7 heteroatoms. The summed E-state index contributed by atoms with van der Waals surface area (Å²) in [7, 11) is 0. The summed E-state index contributed by atoms with van der Waals surface area (Å²) in [6.45, 7) is 1.98. The number of ketones is 1. The maximum absolute atomic E-state index is 13.1. The molecule has 1 aliphatic rings. The minimum Gasteiger partial charge on any atom is -0.477 e. The number of carbonyl (C=O) groups excluding carboxylic acids is 1. The van der Waals surface area contributed by atoms with E-state index in [9.17, 15) is 28.6 Å². The summed E-state index contributed by atoms with van der Waals surface area (Å²) in [6, 6.07) is 0. The minimum atomic E-state index is -2.75. The molecule has 0 radical (unpaired) electrons. The first-order chi connectivity index (χ1) is 13.2. The van der Waals surface area contributed by atoms with Gasteiger partial charge < -0.3 is 15.3 Å². The average Bonchev–Trinajstić information content (AvgIpc) is 2.97. The number of Topliss-reactive ketones (excluding diaryl/α,β-unsaturated/α-hetero) is 1. The molecule has 3 N–H and O–H groups in total. The second kappa shape index (κ2) is 12.1. The summed E-state index contributed by atoms with van der Waals surface area (Å²) in [4.78, 5) is 22.7. The number of carbonyl (C=O) groups is 2. The largest absolute Gasteiger partial charge is 0.477 e. The summed E-state index contributed by atoms with van der Waals surface area (Å²) in [5.74, 6) is -5.13. The van der Waals surface area contributed by atoms with Gasteiger partial charge >= 0.3 is 5.97 Å². The normalized spacial score (nSPS) is 22.0. The summed E-state index contributed by atoms with van der Waals surface area (Å²) in [6.07, 6.45) is 8.67. The third-order valence-corrected chi connectivity index (χ3v) is 5.32.